The van der Waals surface area contributed by atoms with Crippen LogP contribution in [-0.4, -0.2) is 41.8 Å². The zero-order valence-corrected chi connectivity index (χ0v) is 9.10. The molecule has 0 aromatic carbocycles. The number of ether oxygens (including phenoxy) is 2. The molecule has 0 aromatic rings. The SMILES string of the molecule is C=C(C)C(O)OCCOC(=O)CC(C)O. The molecule has 2 N–H and O–H groups in total. The summed E-state index contributed by atoms with van der Waals surface area (Å²) in [4.78, 5) is 10.9. The van der Waals surface area contributed by atoms with Gasteiger partial charge in [0.2, 0.25) is 0 Å². The van der Waals surface area contributed by atoms with E-state index in [2.05, 4.69) is 6.58 Å². The molecule has 0 bridgehead atoms. The minimum atomic E-state index is -1.03. The zero-order chi connectivity index (χ0) is 11.8. The van der Waals surface area contributed by atoms with Gasteiger partial charge in [0.1, 0.15) is 6.61 Å². The summed E-state index contributed by atoms with van der Waals surface area (Å²) < 4.78 is 9.59. The lowest BCUT2D eigenvalue weighted by Crippen LogP contribution is -2.19. The van der Waals surface area contributed by atoms with E-state index in [0.29, 0.717) is 5.57 Å². The molecule has 0 aliphatic rings. The van der Waals surface area contributed by atoms with Gasteiger partial charge in [0, 0.05) is 0 Å². The predicted octanol–water partition coefficient (Wildman–Crippen LogP) is 0.212. The Morgan fingerprint density at radius 2 is 2.00 bits per heavy atom. The van der Waals surface area contributed by atoms with E-state index in [4.69, 9.17) is 19.7 Å². The highest BCUT2D eigenvalue weighted by molar-refractivity contribution is 5.69. The Balaban J connectivity index is 3.46. The molecule has 0 radical (unpaired) electrons. The van der Waals surface area contributed by atoms with E-state index in [0.717, 1.165) is 0 Å². The molecule has 5 heteroatoms. The lowest BCUT2D eigenvalue weighted by Gasteiger charge is -2.11. The maximum absolute atomic E-state index is 10.9. The van der Waals surface area contributed by atoms with Gasteiger partial charge in [0.25, 0.3) is 0 Å². The molecule has 0 saturated heterocycles. The number of rotatable bonds is 7. The van der Waals surface area contributed by atoms with Crippen molar-refractivity contribution in [3.05, 3.63) is 12.2 Å². The van der Waals surface area contributed by atoms with Crippen LogP contribution in [0.1, 0.15) is 20.3 Å². The first-order chi connectivity index (χ1) is 6.93. The van der Waals surface area contributed by atoms with Crippen molar-refractivity contribution in [2.45, 2.75) is 32.7 Å². The Kier molecular flexibility index (Phi) is 6.94. The average Bonchev–Trinajstić information content (AvgIpc) is 2.10. The Hall–Kier alpha value is -0.910. The molecule has 88 valence electrons. The van der Waals surface area contributed by atoms with E-state index in [-0.39, 0.29) is 19.6 Å². The van der Waals surface area contributed by atoms with Crippen molar-refractivity contribution in [1.82, 2.24) is 0 Å². The Labute approximate surface area is 89.3 Å². The monoisotopic (exact) mass is 218 g/mol. The number of hydrogen-bond acceptors (Lipinski definition) is 5. The van der Waals surface area contributed by atoms with Gasteiger partial charge in [-0.2, -0.15) is 0 Å². The van der Waals surface area contributed by atoms with Crippen LogP contribution < -0.4 is 0 Å². The fourth-order valence-corrected chi connectivity index (χ4v) is 0.758. The van der Waals surface area contributed by atoms with Crippen LogP contribution in [0.2, 0.25) is 0 Å². The van der Waals surface area contributed by atoms with Crippen molar-refractivity contribution in [2.24, 2.45) is 0 Å². The molecule has 0 heterocycles. The molecule has 0 spiro atoms. The van der Waals surface area contributed by atoms with Gasteiger partial charge in [0.15, 0.2) is 6.29 Å². The lowest BCUT2D eigenvalue weighted by atomic mass is 10.3. The Bertz CT molecular complexity index is 212. The smallest absolute Gasteiger partial charge is 0.308 e. The highest BCUT2D eigenvalue weighted by Crippen LogP contribution is 1.99. The molecule has 0 fully saturated rings. The zero-order valence-electron chi connectivity index (χ0n) is 9.10. The van der Waals surface area contributed by atoms with Crippen LogP contribution >= 0.6 is 0 Å². The van der Waals surface area contributed by atoms with Crippen molar-refractivity contribution < 1.29 is 24.5 Å². The van der Waals surface area contributed by atoms with Crippen LogP contribution in [0.3, 0.4) is 0 Å². The minimum Gasteiger partial charge on any atom is -0.463 e. The lowest BCUT2D eigenvalue weighted by molar-refractivity contribution is -0.150. The van der Waals surface area contributed by atoms with Crippen LogP contribution in [0, 0.1) is 0 Å². The van der Waals surface area contributed by atoms with Crippen molar-refractivity contribution in [3.8, 4) is 0 Å². The van der Waals surface area contributed by atoms with Gasteiger partial charge in [-0.25, -0.2) is 0 Å². The van der Waals surface area contributed by atoms with Gasteiger partial charge in [-0.05, 0) is 19.4 Å². The minimum absolute atomic E-state index is 0.0387. The number of carbonyl (C=O) groups is 1. The van der Waals surface area contributed by atoms with Crippen molar-refractivity contribution in [3.63, 3.8) is 0 Å². The first-order valence-electron chi connectivity index (χ1n) is 4.72. The summed E-state index contributed by atoms with van der Waals surface area (Å²) in [5, 5.41) is 18.0. The van der Waals surface area contributed by atoms with E-state index in [1.807, 2.05) is 0 Å². The highest BCUT2D eigenvalue weighted by atomic mass is 16.6. The van der Waals surface area contributed by atoms with E-state index in [1.54, 1.807) is 6.92 Å². The average molecular weight is 218 g/mol. The summed E-state index contributed by atoms with van der Waals surface area (Å²) in [7, 11) is 0. The van der Waals surface area contributed by atoms with Crippen LogP contribution in [0.5, 0.6) is 0 Å². The molecule has 0 aromatic heterocycles. The van der Waals surface area contributed by atoms with E-state index >= 15 is 0 Å². The number of aliphatic hydroxyl groups is 2. The maximum atomic E-state index is 10.9. The molecule has 0 aliphatic heterocycles. The normalized spacial score (nSPS) is 14.4. The van der Waals surface area contributed by atoms with Crippen molar-refractivity contribution in [2.75, 3.05) is 13.2 Å². The Morgan fingerprint density at radius 1 is 1.40 bits per heavy atom. The first-order valence-corrected chi connectivity index (χ1v) is 4.72. The number of aliphatic hydroxyl groups excluding tert-OH is 2. The fourth-order valence-electron chi connectivity index (χ4n) is 0.758. The largest absolute Gasteiger partial charge is 0.463 e. The van der Waals surface area contributed by atoms with E-state index < -0.39 is 18.4 Å². The predicted molar refractivity (Wildman–Crippen MR) is 54.0 cm³/mol. The quantitative estimate of drug-likeness (QED) is 0.276. The molecule has 0 amide bonds. The van der Waals surface area contributed by atoms with Crippen molar-refractivity contribution in [1.29, 1.82) is 0 Å². The first kappa shape index (κ1) is 14.1. The number of esters is 1. The van der Waals surface area contributed by atoms with Gasteiger partial charge in [-0.3, -0.25) is 4.79 Å². The molecule has 0 saturated carbocycles. The molecular weight excluding hydrogens is 200 g/mol. The van der Waals surface area contributed by atoms with Gasteiger partial charge < -0.3 is 19.7 Å². The molecule has 2 unspecified atom stereocenters. The van der Waals surface area contributed by atoms with Crippen LogP contribution in [0.25, 0.3) is 0 Å². The summed E-state index contributed by atoms with van der Waals surface area (Å²) >= 11 is 0. The molecule has 0 aliphatic carbocycles. The summed E-state index contributed by atoms with van der Waals surface area (Å²) in [6.07, 6.45) is -1.77. The van der Waals surface area contributed by atoms with Crippen LogP contribution in [0.15, 0.2) is 12.2 Å². The molecule has 0 rings (SSSR count). The number of hydrogen-bond donors (Lipinski definition) is 2. The molecule has 5 nitrogen and oxygen atoms in total. The third-order valence-electron chi connectivity index (χ3n) is 1.51. The Morgan fingerprint density at radius 3 is 2.47 bits per heavy atom. The van der Waals surface area contributed by atoms with Gasteiger partial charge >= 0.3 is 5.97 Å². The van der Waals surface area contributed by atoms with Crippen LogP contribution in [0.4, 0.5) is 0 Å². The van der Waals surface area contributed by atoms with E-state index in [1.165, 1.54) is 6.92 Å². The number of carbonyl (C=O) groups excluding carboxylic acids is 1. The van der Waals surface area contributed by atoms with Crippen LogP contribution in [-0.2, 0) is 14.3 Å². The molecular formula is C10H18O5. The maximum Gasteiger partial charge on any atom is 0.308 e. The summed E-state index contributed by atoms with van der Waals surface area (Å²) in [6, 6.07) is 0. The fraction of sp³-hybridized carbons (Fsp3) is 0.700. The van der Waals surface area contributed by atoms with E-state index in [9.17, 15) is 4.79 Å². The van der Waals surface area contributed by atoms with Gasteiger partial charge in [0.05, 0.1) is 19.1 Å². The third-order valence-corrected chi connectivity index (χ3v) is 1.51. The standard InChI is InChI=1S/C10H18O5/c1-7(2)10(13)15-5-4-14-9(12)6-8(3)11/h8,10-11,13H,1,4-6H2,2-3H3. The molecule has 2 atom stereocenters. The second-order valence-electron chi connectivity index (χ2n) is 3.34. The highest BCUT2D eigenvalue weighted by Gasteiger charge is 2.08. The topological polar surface area (TPSA) is 76.0 Å². The summed E-state index contributed by atoms with van der Waals surface area (Å²) in [5.41, 5.74) is 0.491. The summed E-state index contributed by atoms with van der Waals surface area (Å²) in [5.74, 6) is -0.488. The van der Waals surface area contributed by atoms with Gasteiger partial charge in [-0.1, -0.05) is 6.58 Å². The second-order valence-corrected chi connectivity index (χ2v) is 3.34. The van der Waals surface area contributed by atoms with Gasteiger partial charge in [-0.15, -0.1) is 0 Å². The van der Waals surface area contributed by atoms with Crippen molar-refractivity contribution >= 4 is 5.97 Å². The second kappa shape index (κ2) is 7.39. The molecule has 15 heavy (non-hydrogen) atoms. The third kappa shape index (κ3) is 8.11. The summed E-state index contributed by atoms with van der Waals surface area (Å²) in [6.45, 7) is 6.77.